The van der Waals surface area contributed by atoms with Crippen LogP contribution in [0, 0.1) is 0 Å². The molecule has 1 N–H and O–H groups in total. The van der Waals surface area contributed by atoms with E-state index >= 15 is 0 Å². The van der Waals surface area contributed by atoms with Crippen LogP contribution in [-0.4, -0.2) is 68.8 Å². The Balaban J connectivity index is 1.76. The second kappa shape index (κ2) is 9.12. The first-order valence-electron chi connectivity index (χ1n) is 9.31. The number of nitrogens with zero attached hydrogens (tertiary/aromatic N) is 2. The molecule has 1 aromatic rings. The van der Waals surface area contributed by atoms with E-state index in [0.717, 1.165) is 39.1 Å². The number of sulfonamides is 1. The average molecular weight is 368 g/mol. The van der Waals surface area contributed by atoms with Gasteiger partial charge in [0.15, 0.2) is 0 Å². The van der Waals surface area contributed by atoms with Crippen LogP contribution in [0.2, 0.25) is 0 Å². The molecule has 1 heterocycles. The summed E-state index contributed by atoms with van der Waals surface area (Å²) >= 11 is 0. The lowest BCUT2D eigenvalue weighted by Gasteiger charge is -2.44. The minimum Gasteiger partial charge on any atom is -0.301 e. The quantitative estimate of drug-likeness (QED) is 0.725. The molecule has 0 saturated carbocycles. The molecule has 0 radical (unpaired) electrons. The molecule has 0 bridgehead atoms. The predicted octanol–water partition coefficient (Wildman–Crippen LogP) is 1.95. The lowest BCUT2D eigenvalue weighted by Crippen LogP contribution is -2.58. The highest BCUT2D eigenvalue weighted by atomic mass is 32.2. The molecule has 1 saturated heterocycles. The van der Waals surface area contributed by atoms with Crippen LogP contribution >= 0.6 is 0 Å². The molecule has 0 atom stereocenters. The lowest BCUT2D eigenvalue weighted by atomic mass is 10.0. The van der Waals surface area contributed by atoms with Crippen molar-refractivity contribution in [3.63, 3.8) is 0 Å². The summed E-state index contributed by atoms with van der Waals surface area (Å²) in [4.78, 5) is 4.83. The van der Waals surface area contributed by atoms with Crippen molar-refractivity contribution in [1.29, 1.82) is 0 Å². The zero-order valence-electron chi connectivity index (χ0n) is 15.9. The topological polar surface area (TPSA) is 52.6 Å². The Bertz CT molecular complexity index is 609. The van der Waals surface area contributed by atoms with Crippen LogP contribution in [0.25, 0.3) is 0 Å². The SMILES string of the molecule is CCN1CCN(C(C)(C)CNS(=O)(=O)CCCc2ccccc2)CC1. The van der Waals surface area contributed by atoms with Crippen LogP contribution < -0.4 is 4.72 Å². The smallest absolute Gasteiger partial charge is 0.211 e. The number of rotatable bonds is 9. The number of aryl methyl sites for hydroxylation is 1. The van der Waals surface area contributed by atoms with E-state index in [1.165, 1.54) is 5.56 Å². The van der Waals surface area contributed by atoms with E-state index in [0.29, 0.717) is 13.0 Å². The molecule has 0 unspecified atom stereocenters. The molecule has 0 spiro atoms. The van der Waals surface area contributed by atoms with Crippen LogP contribution in [0.15, 0.2) is 30.3 Å². The summed E-state index contributed by atoms with van der Waals surface area (Å²) in [5.41, 5.74) is 1.03. The zero-order chi connectivity index (χ0) is 18.3. The normalized spacial score (nSPS) is 17.7. The molecule has 1 fully saturated rings. The van der Waals surface area contributed by atoms with Gasteiger partial charge in [-0.3, -0.25) is 4.90 Å². The summed E-state index contributed by atoms with van der Waals surface area (Å²) in [6, 6.07) is 10.0. The summed E-state index contributed by atoms with van der Waals surface area (Å²) in [6.07, 6.45) is 1.44. The average Bonchev–Trinajstić information content (AvgIpc) is 2.61. The lowest BCUT2D eigenvalue weighted by molar-refractivity contribution is 0.0571. The fourth-order valence-electron chi connectivity index (χ4n) is 3.25. The van der Waals surface area contributed by atoms with Gasteiger partial charge in [0.1, 0.15) is 0 Å². The molecule has 25 heavy (non-hydrogen) atoms. The maximum Gasteiger partial charge on any atom is 0.211 e. The molecular formula is C19H33N3O2S. The number of hydrogen-bond donors (Lipinski definition) is 1. The maximum absolute atomic E-state index is 12.3. The van der Waals surface area contributed by atoms with Gasteiger partial charge in [0.05, 0.1) is 5.75 Å². The van der Waals surface area contributed by atoms with Crippen LogP contribution in [0.4, 0.5) is 0 Å². The van der Waals surface area contributed by atoms with Gasteiger partial charge in [0, 0.05) is 38.3 Å². The van der Waals surface area contributed by atoms with Gasteiger partial charge >= 0.3 is 0 Å². The summed E-state index contributed by atoms with van der Waals surface area (Å²) in [5.74, 6) is 0.182. The summed E-state index contributed by atoms with van der Waals surface area (Å²) in [5, 5.41) is 0. The van der Waals surface area contributed by atoms with Crippen molar-refractivity contribution in [3.05, 3.63) is 35.9 Å². The standard InChI is InChI=1S/C19H33N3O2S/c1-4-21-12-14-22(15-13-21)19(2,3)17-20-25(23,24)16-8-11-18-9-6-5-7-10-18/h5-7,9-10,20H,4,8,11-17H2,1-3H3. The number of hydrogen-bond acceptors (Lipinski definition) is 4. The van der Waals surface area contributed by atoms with Crippen molar-refractivity contribution >= 4 is 10.0 Å². The molecule has 5 nitrogen and oxygen atoms in total. The van der Waals surface area contributed by atoms with Gasteiger partial charge in [-0.15, -0.1) is 0 Å². The Kier molecular flexibility index (Phi) is 7.43. The Morgan fingerprint density at radius 2 is 1.72 bits per heavy atom. The fraction of sp³-hybridized carbons (Fsp3) is 0.684. The molecule has 2 rings (SSSR count). The Morgan fingerprint density at radius 1 is 1.08 bits per heavy atom. The predicted molar refractivity (Wildman–Crippen MR) is 104 cm³/mol. The minimum atomic E-state index is -3.23. The second-order valence-corrected chi connectivity index (χ2v) is 9.39. The van der Waals surface area contributed by atoms with E-state index in [1.54, 1.807) is 0 Å². The van der Waals surface area contributed by atoms with Crippen molar-refractivity contribution in [3.8, 4) is 0 Å². The van der Waals surface area contributed by atoms with E-state index in [9.17, 15) is 8.42 Å². The van der Waals surface area contributed by atoms with E-state index in [-0.39, 0.29) is 11.3 Å². The highest BCUT2D eigenvalue weighted by molar-refractivity contribution is 7.89. The van der Waals surface area contributed by atoms with Gasteiger partial charge in [-0.2, -0.15) is 0 Å². The minimum absolute atomic E-state index is 0.160. The van der Waals surface area contributed by atoms with Gasteiger partial charge in [0.25, 0.3) is 0 Å². The number of likely N-dealkylation sites (N-methyl/N-ethyl adjacent to an activating group) is 1. The zero-order valence-corrected chi connectivity index (χ0v) is 16.7. The van der Waals surface area contributed by atoms with Crippen molar-refractivity contribution < 1.29 is 8.42 Å². The van der Waals surface area contributed by atoms with Crippen LogP contribution in [0.1, 0.15) is 32.8 Å². The van der Waals surface area contributed by atoms with E-state index in [4.69, 9.17) is 0 Å². The highest BCUT2D eigenvalue weighted by Crippen LogP contribution is 2.16. The van der Waals surface area contributed by atoms with Gasteiger partial charge < -0.3 is 4.90 Å². The van der Waals surface area contributed by atoms with Gasteiger partial charge in [-0.05, 0) is 38.8 Å². The summed E-state index contributed by atoms with van der Waals surface area (Å²) in [6.45, 7) is 12.1. The van der Waals surface area contributed by atoms with Gasteiger partial charge in [-0.25, -0.2) is 13.1 Å². The number of nitrogens with one attached hydrogen (secondary N) is 1. The van der Waals surface area contributed by atoms with Crippen molar-refractivity contribution in [2.75, 3.05) is 45.0 Å². The molecule has 6 heteroatoms. The Labute approximate surface area is 153 Å². The molecule has 142 valence electrons. The van der Waals surface area contributed by atoms with Crippen LogP contribution in [0.3, 0.4) is 0 Å². The van der Waals surface area contributed by atoms with E-state index < -0.39 is 10.0 Å². The highest BCUT2D eigenvalue weighted by Gasteiger charge is 2.30. The molecule has 0 amide bonds. The number of piperazine rings is 1. The molecule has 0 aliphatic carbocycles. The van der Waals surface area contributed by atoms with E-state index in [2.05, 4.69) is 35.3 Å². The van der Waals surface area contributed by atoms with Crippen molar-refractivity contribution in [2.24, 2.45) is 0 Å². The first-order chi connectivity index (χ1) is 11.8. The fourth-order valence-corrected chi connectivity index (χ4v) is 4.49. The van der Waals surface area contributed by atoms with Crippen molar-refractivity contribution in [1.82, 2.24) is 14.5 Å². The molecule has 1 aromatic carbocycles. The van der Waals surface area contributed by atoms with Crippen LogP contribution in [0.5, 0.6) is 0 Å². The third-order valence-electron chi connectivity index (χ3n) is 5.12. The van der Waals surface area contributed by atoms with E-state index in [1.807, 2.05) is 30.3 Å². The molecule has 0 aromatic heterocycles. The maximum atomic E-state index is 12.3. The monoisotopic (exact) mass is 367 g/mol. The second-order valence-electron chi connectivity index (χ2n) is 7.46. The van der Waals surface area contributed by atoms with Gasteiger partial charge in [0.2, 0.25) is 10.0 Å². The van der Waals surface area contributed by atoms with Crippen LogP contribution in [-0.2, 0) is 16.4 Å². The Morgan fingerprint density at radius 3 is 2.32 bits per heavy atom. The van der Waals surface area contributed by atoms with Gasteiger partial charge in [-0.1, -0.05) is 37.3 Å². The third kappa shape index (κ3) is 6.70. The largest absolute Gasteiger partial charge is 0.301 e. The first kappa shape index (κ1) is 20.4. The molecule has 1 aliphatic rings. The summed E-state index contributed by atoms with van der Waals surface area (Å²) in [7, 11) is -3.23. The Hall–Kier alpha value is -0.950. The first-order valence-corrected chi connectivity index (χ1v) is 11.0. The third-order valence-corrected chi connectivity index (χ3v) is 6.53. The van der Waals surface area contributed by atoms with Crippen molar-refractivity contribution in [2.45, 2.75) is 39.2 Å². The molecular weight excluding hydrogens is 334 g/mol. The molecule has 1 aliphatic heterocycles. The summed E-state index contributed by atoms with van der Waals surface area (Å²) < 4.78 is 27.4. The number of benzene rings is 1.